The molecule has 0 unspecified atom stereocenters. The molecule has 0 atom stereocenters. The number of pyridine rings is 1. The maximum Gasteiger partial charge on any atom is 0.418 e. The molecule has 5 nitrogen and oxygen atoms in total. The Balaban J connectivity index is 1.82. The highest BCUT2D eigenvalue weighted by molar-refractivity contribution is 5.88. The highest BCUT2D eigenvalue weighted by Gasteiger charge is 2.35. The molecule has 41 heavy (non-hydrogen) atoms. The standard InChI is InChI=1S/C33H39F3N4O/c1-7-16-40(17-8-2)31-11-10-25(18-29(31)33(34,35)36)19-32(41)39(6)22-23(4)30-21-28(13-15-38-30)26(9-3)20-27-12-14-37-24(27)5/h9-15,18,20-22,37H,3,7-8,16-17,19H2,1-2,4-6H3/b23-22+,26-20+. The number of aromatic nitrogens is 2. The van der Waals surface area contributed by atoms with E-state index in [1.807, 2.05) is 58.2 Å². The van der Waals surface area contributed by atoms with Crippen LogP contribution >= 0.6 is 0 Å². The van der Waals surface area contributed by atoms with Crippen molar-refractivity contribution in [1.29, 1.82) is 0 Å². The van der Waals surface area contributed by atoms with Gasteiger partial charge in [-0.05, 0) is 90.9 Å². The van der Waals surface area contributed by atoms with E-state index in [4.69, 9.17) is 0 Å². The van der Waals surface area contributed by atoms with E-state index >= 15 is 0 Å². The van der Waals surface area contributed by atoms with Crippen LogP contribution in [0.2, 0.25) is 0 Å². The zero-order chi connectivity index (χ0) is 30.2. The molecule has 0 aliphatic heterocycles. The zero-order valence-electron chi connectivity index (χ0n) is 24.5. The second-order valence-corrected chi connectivity index (χ2v) is 10.1. The number of alkyl halides is 3. The average Bonchev–Trinajstić information content (AvgIpc) is 3.35. The van der Waals surface area contributed by atoms with Gasteiger partial charge in [0.2, 0.25) is 5.91 Å². The van der Waals surface area contributed by atoms with Crippen molar-refractivity contribution in [3.63, 3.8) is 0 Å². The summed E-state index contributed by atoms with van der Waals surface area (Å²) in [5, 5.41) is 0. The molecule has 218 valence electrons. The van der Waals surface area contributed by atoms with E-state index in [2.05, 4.69) is 16.5 Å². The number of aromatic amines is 1. The Morgan fingerprint density at radius 2 is 1.80 bits per heavy atom. The fraction of sp³-hybridized carbons (Fsp3) is 0.333. The van der Waals surface area contributed by atoms with Gasteiger partial charge in [-0.3, -0.25) is 9.78 Å². The lowest BCUT2D eigenvalue weighted by Gasteiger charge is -2.27. The number of hydrogen-bond donors (Lipinski definition) is 1. The van der Waals surface area contributed by atoms with Crippen molar-refractivity contribution >= 4 is 28.8 Å². The molecule has 8 heteroatoms. The predicted octanol–water partition coefficient (Wildman–Crippen LogP) is 8.15. The summed E-state index contributed by atoms with van der Waals surface area (Å²) in [7, 11) is 1.60. The molecule has 0 aliphatic carbocycles. The van der Waals surface area contributed by atoms with Gasteiger partial charge in [-0.1, -0.05) is 32.6 Å². The van der Waals surface area contributed by atoms with Crippen molar-refractivity contribution in [2.24, 2.45) is 0 Å². The molecule has 0 bridgehead atoms. The van der Waals surface area contributed by atoms with Gasteiger partial charge in [0.1, 0.15) is 0 Å². The van der Waals surface area contributed by atoms with Crippen LogP contribution in [0.5, 0.6) is 0 Å². The molecule has 0 spiro atoms. The van der Waals surface area contributed by atoms with Gasteiger partial charge >= 0.3 is 6.18 Å². The molecular weight excluding hydrogens is 525 g/mol. The van der Waals surface area contributed by atoms with Crippen LogP contribution in [0.15, 0.2) is 67.6 Å². The number of amides is 1. The molecule has 2 heterocycles. The van der Waals surface area contributed by atoms with Crippen LogP contribution in [0.4, 0.5) is 18.9 Å². The first-order chi connectivity index (χ1) is 19.5. The van der Waals surface area contributed by atoms with Crippen molar-refractivity contribution in [2.45, 2.75) is 53.1 Å². The summed E-state index contributed by atoms with van der Waals surface area (Å²) in [5.74, 6) is -0.324. The molecule has 3 aromatic rings. The van der Waals surface area contributed by atoms with Crippen molar-refractivity contribution < 1.29 is 18.0 Å². The third-order valence-electron chi connectivity index (χ3n) is 6.85. The molecule has 0 saturated carbocycles. The van der Waals surface area contributed by atoms with Crippen LogP contribution in [0.1, 0.15) is 67.3 Å². The van der Waals surface area contributed by atoms with E-state index in [9.17, 15) is 18.0 Å². The number of halogens is 3. The molecule has 1 aromatic carbocycles. The second kappa shape index (κ2) is 14.0. The Bertz CT molecular complexity index is 1410. The highest BCUT2D eigenvalue weighted by atomic mass is 19.4. The molecule has 2 aromatic heterocycles. The maximum atomic E-state index is 14.0. The normalized spacial score (nSPS) is 12.4. The van der Waals surface area contributed by atoms with E-state index in [1.54, 1.807) is 36.5 Å². The number of H-pyrrole nitrogens is 1. The Morgan fingerprint density at radius 3 is 2.39 bits per heavy atom. The second-order valence-electron chi connectivity index (χ2n) is 10.1. The average molecular weight is 565 g/mol. The van der Waals surface area contributed by atoms with Crippen LogP contribution in [-0.4, -0.2) is 40.9 Å². The number of likely N-dealkylation sites (N-methyl/N-ethyl adjacent to an activating group) is 1. The minimum Gasteiger partial charge on any atom is -0.371 e. The van der Waals surface area contributed by atoms with E-state index in [0.29, 0.717) is 24.3 Å². The summed E-state index contributed by atoms with van der Waals surface area (Å²) in [6.07, 6.45) is 5.86. The van der Waals surface area contributed by atoms with Crippen LogP contribution in [0, 0.1) is 6.92 Å². The number of nitrogens with zero attached hydrogens (tertiary/aromatic N) is 3. The van der Waals surface area contributed by atoms with Gasteiger partial charge < -0.3 is 14.8 Å². The van der Waals surface area contributed by atoms with Crippen LogP contribution in [0.3, 0.4) is 0 Å². The topological polar surface area (TPSA) is 52.2 Å². The minimum absolute atomic E-state index is 0.155. The van der Waals surface area contributed by atoms with E-state index in [-0.39, 0.29) is 18.0 Å². The molecule has 1 amide bonds. The van der Waals surface area contributed by atoms with Crippen LogP contribution in [-0.2, 0) is 17.4 Å². The lowest BCUT2D eigenvalue weighted by atomic mass is 10.0. The van der Waals surface area contributed by atoms with Crippen molar-refractivity contribution in [2.75, 3.05) is 25.0 Å². The van der Waals surface area contributed by atoms with E-state index in [1.165, 1.54) is 11.0 Å². The number of allylic oxidation sites excluding steroid dienone is 3. The SMILES string of the molecule is C=C/C(=C\c1cc[nH]c1C)c1ccnc(/C(C)=C/N(C)C(=O)Cc2ccc(N(CCC)CCC)c(C(F)(F)F)c2)c1. The first-order valence-electron chi connectivity index (χ1n) is 13.8. The van der Waals surface area contributed by atoms with Gasteiger partial charge in [0.25, 0.3) is 0 Å². The number of aryl methyl sites for hydroxylation is 1. The maximum absolute atomic E-state index is 14.0. The summed E-state index contributed by atoms with van der Waals surface area (Å²) in [6, 6.07) is 10.0. The number of hydrogen-bond acceptors (Lipinski definition) is 3. The lowest BCUT2D eigenvalue weighted by molar-refractivity contribution is -0.137. The quantitative estimate of drug-likeness (QED) is 0.226. The van der Waals surface area contributed by atoms with Gasteiger partial charge in [0.15, 0.2) is 0 Å². The number of carbonyl (C=O) groups is 1. The molecule has 0 fully saturated rings. The molecule has 0 saturated heterocycles. The van der Waals surface area contributed by atoms with Crippen molar-refractivity contribution in [3.05, 3.63) is 101 Å². The van der Waals surface area contributed by atoms with Crippen molar-refractivity contribution in [1.82, 2.24) is 14.9 Å². The number of anilines is 1. The Hall–Kier alpha value is -4.07. The molecule has 3 rings (SSSR count). The summed E-state index contributed by atoms with van der Waals surface area (Å²) in [6.45, 7) is 12.7. The van der Waals surface area contributed by atoms with Crippen LogP contribution < -0.4 is 4.90 Å². The third-order valence-corrected chi connectivity index (χ3v) is 6.85. The number of benzene rings is 1. The Kier molecular flexibility index (Phi) is 10.8. The van der Waals surface area contributed by atoms with Gasteiger partial charge in [-0.2, -0.15) is 13.2 Å². The smallest absolute Gasteiger partial charge is 0.371 e. The Morgan fingerprint density at radius 1 is 1.10 bits per heavy atom. The highest BCUT2D eigenvalue weighted by Crippen LogP contribution is 2.37. The number of rotatable bonds is 12. The van der Waals surface area contributed by atoms with Gasteiger partial charge in [0.05, 0.1) is 17.7 Å². The van der Waals surface area contributed by atoms with Gasteiger partial charge in [0, 0.05) is 50.1 Å². The zero-order valence-corrected chi connectivity index (χ0v) is 24.5. The largest absolute Gasteiger partial charge is 0.418 e. The van der Waals surface area contributed by atoms with E-state index in [0.717, 1.165) is 46.9 Å². The minimum atomic E-state index is -4.52. The first-order valence-corrected chi connectivity index (χ1v) is 13.8. The molecule has 0 aliphatic rings. The fourth-order valence-electron chi connectivity index (χ4n) is 4.69. The third kappa shape index (κ3) is 8.22. The molecular formula is C33H39F3N4O. The van der Waals surface area contributed by atoms with Gasteiger partial charge in [-0.25, -0.2) is 0 Å². The monoisotopic (exact) mass is 564 g/mol. The Labute approximate surface area is 241 Å². The fourth-order valence-corrected chi connectivity index (χ4v) is 4.69. The van der Waals surface area contributed by atoms with Crippen molar-refractivity contribution in [3.8, 4) is 0 Å². The number of carbonyl (C=O) groups excluding carboxylic acids is 1. The van der Waals surface area contributed by atoms with Crippen LogP contribution in [0.25, 0.3) is 17.2 Å². The summed E-state index contributed by atoms with van der Waals surface area (Å²) in [5.41, 5.74) is 5.14. The van der Waals surface area contributed by atoms with E-state index < -0.39 is 11.7 Å². The van der Waals surface area contributed by atoms with Gasteiger partial charge in [-0.15, -0.1) is 0 Å². The molecule has 0 radical (unpaired) electrons. The summed E-state index contributed by atoms with van der Waals surface area (Å²) >= 11 is 0. The molecule has 1 N–H and O–H groups in total. The first kappa shape index (κ1) is 31.5. The lowest BCUT2D eigenvalue weighted by Crippen LogP contribution is -2.28. The number of nitrogens with one attached hydrogen (secondary N) is 1. The summed E-state index contributed by atoms with van der Waals surface area (Å²) < 4.78 is 42.0. The summed E-state index contributed by atoms with van der Waals surface area (Å²) in [4.78, 5) is 23.8. The predicted molar refractivity (Wildman–Crippen MR) is 162 cm³/mol.